The summed E-state index contributed by atoms with van der Waals surface area (Å²) in [5.41, 5.74) is 0.970. The predicted molar refractivity (Wildman–Crippen MR) is 61.5 cm³/mol. The molecule has 0 fully saturated rings. The van der Waals surface area contributed by atoms with Crippen LogP contribution >= 0.6 is 22.9 Å². The normalized spacial score (nSPS) is 13.5. The number of fused-ring (bicyclic) bond motifs is 1. The minimum absolute atomic E-state index is 0.732. The van der Waals surface area contributed by atoms with Gasteiger partial charge in [0.15, 0.2) is 8.96 Å². The van der Waals surface area contributed by atoms with Crippen LogP contribution in [-0.4, -0.2) is 13.9 Å². The highest BCUT2D eigenvalue weighted by Crippen LogP contribution is 2.20. The SMILES string of the molecule is C[Si@H](N)c1nc2cc(Cl)ccc2s1. The second kappa shape index (κ2) is 3.38. The van der Waals surface area contributed by atoms with Gasteiger partial charge in [-0.2, -0.15) is 0 Å². The quantitative estimate of drug-likeness (QED) is 0.751. The van der Waals surface area contributed by atoms with Gasteiger partial charge < -0.3 is 5.40 Å². The van der Waals surface area contributed by atoms with Crippen molar-refractivity contribution in [3.63, 3.8) is 0 Å². The van der Waals surface area contributed by atoms with Gasteiger partial charge in [-0.15, -0.1) is 11.3 Å². The van der Waals surface area contributed by atoms with Gasteiger partial charge in [-0.1, -0.05) is 18.1 Å². The fraction of sp³-hybridized carbons (Fsp3) is 0.125. The van der Waals surface area contributed by atoms with E-state index in [0.717, 1.165) is 15.2 Å². The Kier molecular flexibility index (Phi) is 2.38. The maximum Gasteiger partial charge on any atom is 0.171 e. The van der Waals surface area contributed by atoms with Gasteiger partial charge >= 0.3 is 0 Å². The summed E-state index contributed by atoms with van der Waals surface area (Å²) in [6.07, 6.45) is 0. The minimum atomic E-state index is -1.26. The first-order valence-corrected chi connectivity index (χ1v) is 7.58. The van der Waals surface area contributed by atoms with Crippen LogP contribution in [0, 0.1) is 0 Å². The van der Waals surface area contributed by atoms with Gasteiger partial charge in [-0.05, 0) is 18.2 Å². The lowest BCUT2D eigenvalue weighted by Gasteiger charge is -1.92. The summed E-state index contributed by atoms with van der Waals surface area (Å²) >= 11 is 7.53. The van der Waals surface area contributed by atoms with Gasteiger partial charge in [0.05, 0.1) is 14.8 Å². The van der Waals surface area contributed by atoms with Crippen LogP contribution in [0.4, 0.5) is 0 Å². The lowest BCUT2D eigenvalue weighted by Crippen LogP contribution is -2.35. The molecular formula is C8H9ClN2SSi. The summed E-state index contributed by atoms with van der Waals surface area (Å²) in [4.78, 5) is 4.44. The third-order valence-electron chi connectivity index (χ3n) is 1.76. The molecule has 1 atom stereocenters. The molecule has 2 nitrogen and oxygen atoms in total. The van der Waals surface area contributed by atoms with Crippen LogP contribution in [0.3, 0.4) is 0 Å². The van der Waals surface area contributed by atoms with Gasteiger partial charge in [0.25, 0.3) is 0 Å². The number of nitrogens with two attached hydrogens (primary N) is 1. The first kappa shape index (κ1) is 9.14. The Morgan fingerprint density at radius 1 is 1.54 bits per heavy atom. The second-order valence-corrected chi connectivity index (χ2v) is 6.99. The van der Waals surface area contributed by atoms with Crippen molar-refractivity contribution in [2.24, 2.45) is 5.40 Å². The van der Waals surface area contributed by atoms with E-state index in [1.807, 2.05) is 18.2 Å². The van der Waals surface area contributed by atoms with Crippen molar-refractivity contribution in [1.82, 2.24) is 4.98 Å². The maximum atomic E-state index is 5.87. The Balaban J connectivity index is 2.62. The number of nitrogens with zero attached hydrogens (tertiary/aromatic N) is 1. The van der Waals surface area contributed by atoms with Crippen LogP contribution in [0.2, 0.25) is 11.6 Å². The van der Waals surface area contributed by atoms with Crippen molar-refractivity contribution < 1.29 is 0 Å². The molecule has 0 aliphatic heterocycles. The van der Waals surface area contributed by atoms with E-state index >= 15 is 0 Å². The highest BCUT2D eigenvalue weighted by atomic mass is 35.5. The number of thiazole rings is 1. The Morgan fingerprint density at radius 2 is 2.31 bits per heavy atom. The number of aromatic nitrogens is 1. The molecule has 0 aliphatic carbocycles. The fourth-order valence-electron chi connectivity index (χ4n) is 1.11. The van der Waals surface area contributed by atoms with E-state index in [4.69, 9.17) is 17.0 Å². The van der Waals surface area contributed by atoms with E-state index < -0.39 is 8.96 Å². The van der Waals surface area contributed by atoms with Gasteiger partial charge in [0.2, 0.25) is 0 Å². The summed E-state index contributed by atoms with van der Waals surface area (Å²) in [7, 11) is -1.26. The molecule has 0 saturated heterocycles. The second-order valence-electron chi connectivity index (χ2n) is 2.95. The predicted octanol–water partition coefficient (Wildman–Crippen LogP) is 1.47. The molecular weight excluding hydrogens is 220 g/mol. The average Bonchev–Trinajstić information content (AvgIpc) is 2.46. The summed E-state index contributed by atoms with van der Waals surface area (Å²) in [6, 6.07) is 5.76. The summed E-state index contributed by atoms with van der Waals surface area (Å²) < 4.78 is 2.27. The zero-order valence-electron chi connectivity index (χ0n) is 7.12. The molecule has 2 rings (SSSR count). The third-order valence-corrected chi connectivity index (χ3v) is 5.23. The molecule has 1 aromatic heterocycles. The molecule has 68 valence electrons. The van der Waals surface area contributed by atoms with Crippen molar-refractivity contribution in [2.45, 2.75) is 6.55 Å². The number of hydrogen-bond donors (Lipinski definition) is 1. The molecule has 0 spiro atoms. The molecule has 2 N–H and O–H groups in total. The van der Waals surface area contributed by atoms with Crippen molar-refractivity contribution in [3.8, 4) is 0 Å². The summed E-state index contributed by atoms with van der Waals surface area (Å²) in [5.74, 6) is 0. The highest BCUT2D eigenvalue weighted by molar-refractivity contribution is 7.28. The standard InChI is InChI=1S/C8H9ClN2SSi/c1-13(10)8-11-6-4-5(9)2-3-7(6)12-8/h2-4,13H,10H2,1H3/t13-/m0/s1. The third kappa shape index (κ3) is 1.76. The molecule has 5 heteroatoms. The Morgan fingerprint density at radius 3 is 3.00 bits per heavy atom. The molecule has 0 saturated carbocycles. The van der Waals surface area contributed by atoms with Crippen molar-refractivity contribution in [2.75, 3.05) is 0 Å². The number of halogens is 1. The molecule has 2 aromatic rings. The first-order valence-electron chi connectivity index (χ1n) is 3.98. The lowest BCUT2D eigenvalue weighted by molar-refractivity contribution is 1.53. The van der Waals surface area contributed by atoms with E-state index in [1.165, 1.54) is 4.70 Å². The average molecular weight is 229 g/mol. The Labute approximate surface area is 87.0 Å². The highest BCUT2D eigenvalue weighted by Gasteiger charge is 2.08. The molecule has 0 bridgehead atoms. The zero-order chi connectivity index (χ0) is 9.42. The molecule has 1 aromatic carbocycles. The first-order chi connectivity index (χ1) is 6.16. The van der Waals surface area contributed by atoms with Crippen LogP contribution in [0.1, 0.15) is 0 Å². The van der Waals surface area contributed by atoms with Crippen LogP contribution in [0.5, 0.6) is 0 Å². The van der Waals surface area contributed by atoms with Gasteiger partial charge in [0.1, 0.15) is 0 Å². The lowest BCUT2D eigenvalue weighted by atomic mass is 10.3. The zero-order valence-corrected chi connectivity index (χ0v) is 9.85. The van der Waals surface area contributed by atoms with Crippen molar-refractivity contribution >= 4 is 46.7 Å². The number of rotatable bonds is 1. The minimum Gasteiger partial charge on any atom is -0.348 e. The van der Waals surface area contributed by atoms with E-state index in [9.17, 15) is 0 Å². The van der Waals surface area contributed by atoms with E-state index in [0.29, 0.717) is 0 Å². The number of hydrogen-bond acceptors (Lipinski definition) is 3. The van der Waals surface area contributed by atoms with Crippen LogP contribution in [-0.2, 0) is 0 Å². The largest absolute Gasteiger partial charge is 0.348 e. The van der Waals surface area contributed by atoms with Crippen molar-refractivity contribution in [3.05, 3.63) is 23.2 Å². The molecule has 0 aliphatic rings. The van der Waals surface area contributed by atoms with Gasteiger partial charge in [-0.25, -0.2) is 4.98 Å². The molecule has 13 heavy (non-hydrogen) atoms. The smallest absolute Gasteiger partial charge is 0.171 e. The molecule has 0 radical (unpaired) electrons. The Bertz CT molecular complexity index is 441. The van der Waals surface area contributed by atoms with Gasteiger partial charge in [0, 0.05) is 5.02 Å². The van der Waals surface area contributed by atoms with Crippen molar-refractivity contribution in [1.29, 1.82) is 0 Å². The van der Waals surface area contributed by atoms with Crippen LogP contribution < -0.4 is 10.0 Å². The molecule has 1 heterocycles. The summed E-state index contributed by atoms with van der Waals surface area (Å²) in [5, 5.41) is 6.60. The van der Waals surface area contributed by atoms with Gasteiger partial charge in [-0.3, -0.25) is 0 Å². The molecule has 0 unspecified atom stereocenters. The van der Waals surface area contributed by atoms with E-state index in [2.05, 4.69) is 11.5 Å². The van der Waals surface area contributed by atoms with E-state index in [1.54, 1.807) is 11.3 Å². The maximum absolute atomic E-state index is 5.87. The van der Waals surface area contributed by atoms with E-state index in [-0.39, 0.29) is 0 Å². The molecule has 0 amide bonds. The monoisotopic (exact) mass is 228 g/mol. The summed E-state index contributed by atoms with van der Waals surface area (Å²) in [6.45, 7) is 2.07. The Hall–Kier alpha value is -0.423. The van der Waals surface area contributed by atoms with Crippen LogP contribution in [0.25, 0.3) is 10.2 Å². The topological polar surface area (TPSA) is 38.9 Å². The fourth-order valence-corrected chi connectivity index (χ4v) is 3.46. The number of benzene rings is 1. The van der Waals surface area contributed by atoms with Crippen LogP contribution in [0.15, 0.2) is 18.2 Å².